The Bertz CT molecular complexity index is 140. The summed E-state index contributed by atoms with van der Waals surface area (Å²) in [7, 11) is 0. The minimum absolute atomic E-state index is 0.849. The van der Waals surface area contributed by atoms with Gasteiger partial charge in [-0.3, -0.25) is 0 Å². The average molecular weight is 171 g/mol. The van der Waals surface area contributed by atoms with Crippen LogP contribution in [-0.2, 0) is 24.7 Å². The van der Waals surface area contributed by atoms with Gasteiger partial charge in [0.2, 0.25) is 0 Å². The van der Waals surface area contributed by atoms with E-state index in [4.69, 9.17) is 0 Å². The van der Waals surface area contributed by atoms with Crippen LogP contribution < -0.4 is 3.53 Å². The van der Waals surface area contributed by atoms with Crippen molar-refractivity contribution in [3.05, 3.63) is 12.7 Å². The first kappa shape index (κ1) is 5.04. The van der Waals surface area contributed by atoms with E-state index in [0.717, 1.165) is 3.53 Å². The van der Waals surface area contributed by atoms with Crippen LogP contribution in [-0.4, -0.2) is 15.0 Å². The van der Waals surface area contributed by atoms with Crippen molar-refractivity contribution in [1.82, 2.24) is 15.0 Å². The Balaban J connectivity index is 3.02. The normalized spacial score (nSPS) is 8.43. The number of aromatic nitrogens is 3. The molecule has 33 valence electrons. The summed E-state index contributed by atoms with van der Waals surface area (Å²) in [6.07, 6.45) is 2.99. The van der Waals surface area contributed by atoms with E-state index in [0.29, 0.717) is 0 Å². The molecule has 0 aliphatic carbocycles. The Hall–Kier alpha value is -0.107. The summed E-state index contributed by atoms with van der Waals surface area (Å²) < 4.78 is 0.849. The first-order chi connectivity index (χ1) is 3.39. The SMILES string of the molecule is [Zr][c]1ncncn1. The Labute approximate surface area is 56.1 Å². The third-order valence-corrected chi connectivity index (χ3v) is 1.13. The van der Waals surface area contributed by atoms with E-state index in [1.54, 1.807) is 0 Å². The van der Waals surface area contributed by atoms with Gasteiger partial charge in [-0.25, -0.2) is 0 Å². The second kappa shape index (κ2) is 2.26. The third-order valence-electron chi connectivity index (χ3n) is 0.493. The van der Waals surface area contributed by atoms with E-state index in [1.807, 2.05) is 0 Å². The fraction of sp³-hybridized carbons (Fsp3) is 0. The zero-order valence-corrected chi connectivity index (χ0v) is 5.95. The molecule has 1 rings (SSSR count). The van der Waals surface area contributed by atoms with E-state index in [9.17, 15) is 0 Å². The molecule has 0 fully saturated rings. The Kier molecular flexibility index (Phi) is 1.63. The fourth-order valence-electron chi connectivity index (χ4n) is 0.239. The van der Waals surface area contributed by atoms with E-state index in [1.165, 1.54) is 37.4 Å². The summed E-state index contributed by atoms with van der Waals surface area (Å²) in [6, 6.07) is 0. The van der Waals surface area contributed by atoms with Gasteiger partial charge in [0.05, 0.1) is 0 Å². The summed E-state index contributed by atoms with van der Waals surface area (Å²) in [6.45, 7) is 0. The van der Waals surface area contributed by atoms with Gasteiger partial charge in [-0.1, -0.05) is 0 Å². The molecule has 0 radical (unpaired) electrons. The summed E-state index contributed by atoms with van der Waals surface area (Å²) in [4.78, 5) is 11.2. The van der Waals surface area contributed by atoms with Gasteiger partial charge >= 0.3 is 55.9 Å². The van der Waals surface area contributed by atoms with Crippen molar-refractivity contribution in [1.29, 1.82) is 0 Å². The summed E-state index contributed by atoms with van der Waals surface area (Å²) >= 11 is 1.23. The molecule has 0 aliphatic rings. The standard InChI is InChI=1S/C3H2N3.Zr/c1-4-2-6-3-5-1;/h1-2H;. The molecule has 4 heteroatoms. The molecule has 0 amide bonds. The van der Waals surface area contributed by atoms with Crippen LogP contribution in [0.3, 0.4) is 0 Å². The molecule has 0 unspecified atom stereocenters. The van der Waals surface area contributed by atoms with Crippen molar-refractivity contribution >= 4 is 3.53 Å². The van der Waals surface area contributed by atoms with Crippen molar-refractivity contribution in [2.75, 3.05) is 0 Å². The van der Waals surface area contributed by atoms with Crippen molar-refractivity contribution in [2.24, 2.45) is 0 Å². The monoisotopic (exact) mass is 170 g/mol. The molecule has 0 atom stereocenters. The molecular weight excluding hydrogens is 169 g/mol. The predicted octanol–water partition coefficient (Wildman–Crippen LogP) is -0.956. The van der Waals surface area contributed by atoms with E-state index < -0.39 is 0 Å². The Morgan fingerprint density at radius 1 is 1.29 bits per heavy atom. The maximum atomic E-state index is 3.80. The second-order valence-electron chi connectivity index (χ2n) is 0.962. The zero-order chi connectivity index (χ0) is 5.11. The van der Waals surface area contributed by atoms with Crippen molar-refractivity contribution < 1.29 is 24.7 Å². The first-order valence-corrected chi connectivity index (χ1v) is 2.96. The molecule has 1 aromatic rings. The summed E-state index contributed by atoms with van der Waals surface area (Å²) in [5, 5.41) is 0. The van der Waals surface area contributed by atoms with Crippen LogP contribution in [0.25, 0.3) is 0 Å². The predicted molar refractivity (Wildman–Crippen MR) is 19.5 cm³/mol. The molecule has 0 saturated heterocycles. The van der Waals surface area contributed by atoms with Gasteiger partial charge < -0.3 is 0 Å². The number of nitrogens with zero attached hydrogens (tertiary/aromatic N) is 3. The van der Waals surface area contributed by atoms with Crippen LogP contribution >= 0.6 is 0 Å². The van der Waals surface area contributed by atoms with Crippen LogP contribution in [0.4, 0.5) is 0 Å². The topological polar surface area (TPSA) is 38.7 Å². The van der Waals surface area contributed by atoms with Gasteiger partial charge in [0.25, 0.3) is 0 Å². The van der Waals surface area contributed by atoms with Crippen LogP contribution in [0.15, 0.2) is 12.7 Å². The fourth-order valence-corrected chi connectivity index (χ4v) is 0.523. The summed E-state index contributed by atoms with van der Waals surface area (Å²) in [5.41, 5.74) is 0. The van der Waals surface area contributed by atoms with Crippen LogP contribution in [0.5, 0.6) is 0 Å². The van der Waals surface area contributed by atoms with E-state index in [2.05, 4.69) is 15.0 Å². The van der Waals surface area contributed by atoms with Crippen molar-refractivity contribution in [3.63, 3.8) is 0 Å². The molecule has 0 N–H and O–H groups in total. The van der Waals surface area contributed by atoms with Crippen LogP contribution in [0.2, 0.25) is 0 Å². The molecular formula is C3H2N3Zr. The minimum atomic E-state index is 0.849. The number of rotatable bonds is 0. The van der Waals surface area contributed by atoms with Gasteiger partial charge in [0.15, 0.2) is 0 Å². The third kappa shape index (κ3) is 1.43. The second-order valence-corrected chi connectivity index (χ2v) is 2.06. The molecule has 7 heavy (non-hydrogen) atoms. The quantitative estimate of drug-likeness (QED) is 0.505. The van der Waals surface area contributed by atoms with Crippen LogP contribution in [0.1, 0.15) is 0 Å². The molecule has 0 saturated carbocycles. The summed E-state index contributed by atoms with van der Waals surface area (Å²) in [5.74, 6) is 0. The Morgan fingerprint density at radius 2 is 1.86 bits per heavy atom. The van der Waals surface area contributed by atoms with Gasteiger partial charge in [-0.05, 0) is 0 Å². The number of hydrogen-bond donors (Lipinski definition) is 0. The number of hydrogen-bond acceptors (Lipinski definition) is 3. The first-order valence-electron chi connectivity index (χ1n) is 1.73. The van der Waals surface area contributed by atoms with Crippen molar-refractivity contribution in [3.8, 4) is 0 Å². The maximum absolute atomic E-state index is 3.80. The average Bonchev–Trinajstić information content (AvgIpc) is 1.69. The molecule has 1 heterocycles. The van der Waals surface area contributed by atoms with Gasteiger partial charge in [0, 0.05) is 0 Å². The molecule has 0 aromatic carbocycles. The van der Waals surface area contributed by atoms with Gasteiger partial charge in [0.1, 0.15) is 0 Å². The molecule has 0 bridgehead atoms. The molecule has 0 aliphatic heterocycles. The van der Waals surface area contributed by atoms with Crippen LogP contribution in [0, 0.1) is 0 Å². The molecule has 3 nitrogen and oxygen atoms in total. The zero-order valence-electron chi connectivity index (χ0n) is 3.50. The molecule has 0 spiro atoms. The van der Waals surface area contributed by atoms with Crippen molar-refractivity contribution in [2.45, 2.75) is 0 Å². The van der Waals surface area contributed by atoms with Gasteiger partial charge in [-0.2, -0.15) is 0 Å². The van der Waals surface area contributed by atoms with Gasteiger partial charge in [-0.15, -0.1) is 0 Å². The van der Waals surface area contributed by atoms with E-state index >= 15 is 0 Å². The molecule has 1 aromatic heterocycles. The van der Waals surface area contributed by atoms with E-state index in [-0.39, 0.29) is 0 Å². The Morgan fingerprint density at radius 3 is 2.14 bits per heavy atom.